The Kier molecular flexibility index (Phi) is 5.70. The molecule has 1 aromatic rings. The summed E-state index contributed by atoms with van der Waals surface area (Å²) in [5, 5.41) is 9.04. The Morgan fingerprint density at radius 2 is 2.00 bits per heavy atom. The number of unbranched alkanes of at least 4 members (excludes halogenated alkanes) is 1. The van der Waals surface area contributed by atoms with Crippen LogP contribution >= 0.6 is 0 Å². The number of hydrogen-bond donors (Lipinski definition) is 1. The molecular formula is C14H20O3. The van der Waals surface area contributed by atoms with Gasteiger partial charge in [-0.15, -0.1) is 0 Å². The fourth-order valence-corrected chi connectivity index (χ4v) is 1.52. The fourth-order valence-electron chi connectivity index (χ4n) is 1.52. The lowest BCUT2D eigenvalue weighted by Crippen LogP contribution is -2.14. The van der Waals surface area contributed by atoms with E-state index in [1.54, 1.807) is 19.1 Å². The van der Waals surface area contributed by atoms with Crippen LogP contribution in [0.4, 0.5) is 0 Å². The second kappa shape index (κ2) is 7.07. The van der Waals surface area contributed by atoms with E-state index in [0.29, 0.717) is 5.75 Å². The molecular weight excluding hydrogens is 216 g/mol. The van der Waals surface area contributed by atoms with Gasteiger partial charge in [0.2, 0.25) is 0 Å². The van der Waals surface area contributed by atoms with E-state index in [9.17, 15) is 4.79 Å². The lowest BCUT2D eigenvalue weighted by molar-refractivity contribution is -0.136. The molecule has 17 heavy (non-hydrogen) atoms. The molecule has 0 saturated heterocycles. The van der Waals surface area contributed by atoms with E-state index in [-0.39, 0.29) is 6.42 Å². The van der Waals surface area contributed by atoms with Crippen molar-refractivity contribution in [1.82, 2.24) is 0 Å². The van der Waals surface area contributed by atoms with Gasteiger partial charge in [-0.3, -0.25) is 4.79 Å². The van der Waals surface area contributed by atoms with Crippen LogP contribution in [0.3, 0.4) is 0 Å². The van der Waals surface area contributed by atoms with Gasteiger partial charge >= 0.3 is 5.97 Å². The zero-order valence-corrected chi connectivity index (χ0v) is 10.5. The molecule has 0 unspecified atom stereocenters. The van der Waals surface area contributed by atoms with Crippen LogP contribution in [0, 0.1) is 0 Å². The second-order valence-corrected chi connectivity index (χ2v) is 4.27. The minimum atomic E-state index is -0.661. The summed E-state index contributed by atoms with van der Waals surface area (Å²) in [5.74, 6) is 0.136. The molecule has 0 bridgehead atoms. The van der Waals surface area contributed by atoms with E-state index in [0.717, 1.165) is 6.42 Å². The molecule has 0 amide bonds. The number of aliphatic hydroxyl groups excluding tert-OH is 1. The number of hydrogen-bond acceptors (Lipinski definition) is 3. The summed E-state index contributed by atoms with van der Waals surface area (Å²) >= 11 is 0. The molecule has 1 aromatic carbocycles. The monoisotopic (exact) mass is 236 g/mol. The van der Waals surface area contributed by atoms with Gasteiger partial charge in [-0.2, -0.15) is 0 Å². The Balaban J connectivity index is 2.47. The maximum absolute atomic E-state index is 11.3. The Labute approximate surface area is 102 Å². The van der Waals surface area contributed by atoms with Gasteiger partial charge in [-0.25, -0.2) is 0 Å². The molecule has 0 fully saturated rings. The van der Waals surface area contributed by atoms with Gasteiger partial charge in [-0.1, -0.05) is 25.5 Å². The van der Waals surface area contributed by atoms with Crippen molar-refractivity contribution >= 4 is 5.97 Å². The van der Waals surface area contributed by atoms with Crippen LogP contribution in [-0.4, -0.2) is 17.2 Å². The molecule has 0 saturated carbocycles. The van der Waals surface area contributed by atoms with Crippen molar-refractivity contribution in [2.75, 3.05) is 0 Å². The number of carbonyl (C=O) groups is 1. The van der Waals surface area contributed by atoms with E-state index in [4.69, 9.17) is 9.84 Å². The van der Waals surface area contributed by atoms with E-state index in [1.165, 1.54) is 18.4 Å². The van der Waals surface area contributed by atoms with Crippen LogP contribution in [0.25, 0.3) is 0 Å². The van der Waals surface area contributed by atoms with Crippen molar-refractivity contribution in [2.24, 2.45) is 0 Å². The van der Waals surface area contributed by atoms with Crippen LogP contribution in [0.2, 0.25) is 0 Å². The number of aliphatic hydroxyl groups is 1. The van der Waals surface area contributed by atoms with Crippen molar-refractivity contribution < 1.29 is 14.6 Å². The van der Waals surface area contributed by atoms with Crippen molar-refractivity contribution in [3.63, 3.8) is 0 Å². The van der Waals surface area contributed by atoms with E-state index in [1.807, 2.05) is 12.1 Å². The van der Waals surface area contributed by atoms with Crippen LogP contribution in [0.1, 0.15) is 38.7 Å². The third-order valence-electron chi connectivity index (χ3n) is 2.44. The summed E-state index contributed by atoms with van der Waals surface area (Å²) in [6.45, 7) is 3.72. The molecule has 0 spiro atoms. The van der Waals surface area contributed by atoms with Crippen LogP contribution in [0.5, 0.6) is 5.75 Å². The van der Waals surface area contributed by atoms with Crippen LogP contribution in [0.15, 0.2) is 24.3 Å². The highest BCUT2D eigenvalue weighted by atomic mass is 16.5. The second-order valence-electron chi connectivity index (χ2n) is 4.27. The molecule has 3 nitrogen and oxygen atoms in total. The average Bonchev–Trinajstić information content (AvgIpc) is 2.27. The predicted octanol–water partition coefficient (Wildman–Crippen LogP) is 2.71. The maximum Gasteiger partial charge on any atom is 0.313 e. The summed E-state index contributed by atoms with van der Waals surface area (Å²) in [7, 11) is 0. The molecule has 94 valence electrons. The van der Waals surface area contributed by atoms with Gasteiger partial charge in [0.05, 0.1) is 12.5 Å². The number of aryl methyl sites for hydroxylation is 1. The topological polar surface area (TPSA) is 46.5 Å². The van der Waals surface area contributed by atoms with Crippen molar-refractivity contribution in [2.45, 2.75) is 45.6 Å². The Hall–Kier alpha value is -1.35. The largest absolute Gasteiger partial charge is 0.426 e. The maximum atomic E-state index is 11.3. The molecule has 3 heteroatoms. The molecule has 0 heterocycles. The average molecular weight is 236 g/mol. The third kappa shape index (κ3) is 5.50. The normalized spacial score (nSPS) is 12.2. The Morgan fingerprint density at radius 1 is 1.35 bits per heavy atom. The minimum Gasteiger partial charge on any atom is -0.426 e. The molecule has 1 atom stereocenters. The standard InChI is InChI=1S/C14H20O3/c1-3-4-5-12-6-8-13(9-7-12)17-14(16)10-11(2)15/h6-9,11,15H,3-5,10H2,1-2H3/t11-/m1/s1. The summed E-state index contributed by atoms with van der Waals surface area (Å²) in [5.41, 5.74) is 1.25. The quantitative estimate of drug-likeness (QED) is 0.610. The van der Waals surface area contributed by atoms with Crippen molar-refractivity contribution in [1.29, 1.82) is 0 Å². The Bertz CT molecular complexity index is 341. The molecule has 1 rings (SSSR count). The number of carbonyl (C=O) groups excluding carboxylic acids is 1. The number of esters is 1. The summed E-state index contributed by atoms with van der Waals surface area (Å²) in [6, 6.07) is 7.54. The number of ether oxygens (including phenoxy) is 1. The molecule has 0 aliphatic rings. The zero-order chi connectivity index (χ0) is 12.7. The van der Waals surface area contributed by atoms with Gasteiger partial charge in [0, 0.05) is 0 Å². The highest BCUT2D eigenvalue weighted by Crippen LogP contribution is 2.14. The predicted molar refractivity (Wildman–Crippen MR) is 67.0 cm³/mol. The van der Waals surface area contributed by atoms with Gasteiger partial charge in [0.1, 0.15) is 5.75 Å². The SMILES string of the molecule is CCCCc1ccc(OC(=O)C[C@@H](C)O)cc1. The van der Waals surface area contributed by atoms with Gasteiger partial charge in [0.25, 0.3) is 0 Å². The van der Waals surface area contributed by atoms with Gasteiger partial charge in [-0.05, 0) is 37.5 Å². The van der Waals surface area contributed by atoms with Gasteiger partial charge < -0.3 is 9.84 Å². The van der Waals surface area contributed by atoms with E-state index in [2.05, 4.69) is 6.92 Å². The summed E-state index contributed by atoms with van der Waals surface area (Å²) in [6.07, 6.45) is 2.76. The van der Waals surface area contributed by atoms with E-state index < -0.39 is 12.1 Å². The summed E-state index contributed by atoms with van der Waals surface area (Å²) < 4.78 is 5.09. The first kappa shape index (κ1) is 13.7. The smallest absolute Gasteiger partial charge is 0.313 e. The molecule has 0 aliphatic carbocycles. The first-order valence-electron chi connectivity index (χ1n) is 6.09. The first-order chi connectivity index (χ1) is 8.11. The highest BCUT2D eigenvalue weighted by molar-refractivity contribution is 5.72. The fraction of sp³-hybridized carbons (Fsp3) is 0.500. The van der Waals surface area contributed by atoms with Crippen LogP contribution in [-0.2, 0) is 11.2 Å². The summed E-state index contributed by atoms with van der Waals surface area (Å²) in [4.78, 5) is 11.3. The number of rotatable bonds is 6. The lowest BCUT2D eigenvalue weighted by Gasteiger charge is -2.06. The molecule has 0 aromatic heterocycles. The zero-order valence-electron chi connectivity index (χ0n) is 10.5. The lowest BCUT2D eigenvalue weighted by atomic mass is 10.1. The molecule has 1 N–H and O–H groups in total. The van der Waals surface area contributed by atoms with Crippen LogP contribution < -0.4 is 4.74 Å². The minimum absolute atomic E-state index is 0.0254. The van der Waals surface area contributed by atoms with Gasteiger partial charge in [0.15, 0.2) is 0 Å². The van der Waals surface area contributed by atoms with E-state index >= 15 is 0 Å². The first-order valence-corrected chi connectivity index (χ1v) is 6.09. The van der Waals surface area contributed by atoms with Crippen molar-refractivity contribution in [3.8, 4) is 5.75 Å². The van der Waals surface area contributed by atoms with Crippen molar-refractivity contribution in [3.05, 3.63) is 29.8 Å². The highest BCUT2D eigenvalue weighted by Gasteiger charge is 2.08. The number of benzene rings is 1. The Morgan fingerprint density at radius 3 is 2.53 bits per heavy atom. The molecule has 0 aliphatic heterocycles. The third-order valence-corrected chi connectivity index (χ3v) is 2.44. The molecule has 0 radical (unpaired) electrons.